The lowest BCUT2D eigenvalue weighted by Crippen LogP contribution is -2.45. The van der Waals surface area contributed by atoms with E-state index < -0.39 is 5.91 Å². The highest BCUT2D eigenvalue weighted by atomic mass is 16.5. The third-order valence-electron chi connectivity index (χ3n) is 6.88. The molecule has 3 aromatic rings. The summed E-state index contributed by atoms with van der Waals surface area (Å²) in [6, 6.07) is 9.85. The summed E-state index contributed by atoms with van der Waals surface area (Å²) in [5.41, 5.74) is 6.29. The van der Waals surface area contributed by atoms with Gasteiger partial charge in [0.1, 0.15) is 5.49 Å². The van der Waals surface area contributed by atoms with Gasteiger partial charge in [-0.3, -0.25) is 13.9 Å². The average Bonchev–Trinajstić information content (AvgIpc) is 2.94. The number of methoxy groups -OCH3 is 1. The van der Waals surface area contributed by atoms with E-state index in [1.807, 2.05) is 58.0 Å². The summed E-state index contributed by atoms with van der Waals surface area (Å²) in [5, 5.41) is 17.8. The molecule has 2 aromatic carbocycles. The van der Waals surface area contributed by atoms with E-state index in [9.17, 15) is 9.59 Å². The van der Waals surface area contributed by atoms with Gasteiger partial charge in [-0.15, -0.1) is 0 Å². The number of carbonyl (C=O) groups excluding carboxylic acids is 1. The third-order valence-corrected chi connectivity index (χ3v) is 6.88. The molecular weight excluding hydrogens is 526 g/mol. The molecule has 12 heteroatoms. The Hall–Kier alpha value is -4.87. The summed E-state index contributed by atoms with van der Waals surface area (Å²) < 4.78 is 14.6. The normalized spacial score (nSPS) is 13.2. The van der Waals surface area contributed by atoms with Gasteiger partial charge in [0.2, 0.25) is 0 Å². The smallest absolute Gasteiger partial charge is 0.330 e. The van der Waals surface area contributed by atoms with Crippen LogP contribution >= 0.6 is 0 Å². The fraction of sp³-hybridized carbons (Fsp3) is 0.345. The third kappa shape index (κ3) is 6.01. The van der Waals surface area contributed by atoms with Crippen LogP contribution in [-0.2, 0) is 24.3 Å². The predicted molar refractivity (Wildman–Crippen MR) is 156 cm³/mol. The Morgan fingerprint density at radius 3 is 2.51 bits per heavy atom. The number of aromatic nitrogens is 2. The topological polar surface area (TPSA) is 158 Å². The van der Waals surface area contributed by atoms with Crippen LogP contribution in [0.2, 0.25) is 0 Å². The van der Waals surface area contributed by atoms with E-state index in [0.29, 0.717) is 42.3 Å². The number of benzene rings is 2. The van der Waals surface area contributed by atoms with Crippen molar-refractivity contribution >= 4 is 23.5 Å². The van der Waals surface area contributed by atoms with Crippen LogP contribution in [0.15, 0.2) is 50.4 Å². The van der Waals surface area contributed by atoms with E-state index in [4.69, 9.17) is 25.5 Å². The molecule has 0 bridgehead atoms. The molecule has 12 nitrogen and oxygen atoms in total. The van der Waals surface area contributed by atoms with Crippen molar-refractivity contribution in [2.24, 2.45) is 21.1 Å². The van der Waals surface area contributed by atoms with Crippen molar-refractivity contribution < 1.29 is 19.5 Å². The minimum absolute atomic E-state index is 0.0615. The highest BCUT2D eigenvalue weighted by Gasteiger charge is 2.23. The van der Waals surface area contributed by atoms with Crippen LogP contribution in [0.4, 0.5) is 5.69 Å². The van der Waals surface area contributed by atoms with E-state index in [0.717, 1.165) is 39.7 Å². The lowest BCUT2D eigenvalue weighted by Gasteiger charge is -2.25. The van der Waals surface area contributed by atoms with E-state index in [1.54, 1.807) is 11.7 Å². The summed E-state index contributed by atoms with van der Waals surface area (Å²) in [4.78, 5) is 31.3. The standard InChI is InChI=1S/C29H35N7O5/c1-6-41-25-13-20-7-9-35-23(21(20)14-24(25)40-5)15-26(33-27-18(3)11-17(2)12-19(27)4)36(29(35)38)10-8-31-28(37)22(34-39)16-32-30/h11-16,39H,6-10,30H2,1-5H3,(H,31,37). The molecule has 0 atom stereocenters. The van der Waals surface area contributed by atoms with Gasteiger partial charge in [0.05, 0.1) is 31.3 Å². The van der Waals surface area contributed by atoms with Gasteiger partial charge in [-0.25, -0.2) is 9.79 Å². The quantitative estimate of drug-likeness (QED) is 0.157. The maximum absolute atomic E-state index is 13.9. The number of carbonyl (C=O) groups is 1. The molecule has 1 amide bonds. The summed E-state index contributed by atoms with van der Waals surface area (Å²) in [5.74, 6) is 5.63. The number of hydrogen-bond donors (Lipinski definition) is 3. The first-order chi connectivity index (χ1) is 19.7. The molecule has 216 valence electrons. The lowest BCUT2D eigenvalue weighted by atomic mass is 9.97. The monoisotopic (exact) mass is 561 g/mol. The van der Waals surface area contributed by atoms with Gasteiger partial charge in [0.25, 0.3) is 5.91 Å². The molecule has 41 heavy (non-hydrogen) atoms. The highest BCUT2D eigenvalue weighted by Crippen LogP contribution is 2.37. The maximum atomic E-state index is 13.9. The minimum Gasteiger partial charge on any atom is -0.493 e. The number of amides is 1. The average molecular weight is 562 g/mol. The maximum Gasteiger partial charge on any atom is 0.330 e. The lowest BCUT2D eigenvalue weighted by molar-refractivity contribution is -0.114. The summed E-state index contributed by atoms with van der Waals surface area (Å²) >= 11 is 0. The summed E-state index contributed by atoms with van der Waals surface area (Å²) in [7, 11) is 1.59. The van der Waals surface area contributed by atoms with Crippen molar-refractivity contribution in [2.45, 2.75) is 47.2 Å². The van der Waals surface area contributed by atoms with Crippen molar-refractivity contribution in [1.82, 2.24) is 14.5 Å². The highest BCUT2D eigenvalue weighted by molar-refractivity contribution is 6.60. The molecule has 0 radical (unpaired) electrons. The molecule has 1 aromatic heterocycles. The van der Waals surface area contributed by atoms with Crippen LogP contribution in [0.5, 0.6) is 11.5 Å². The second-order valence-corrected chi connectivity index (χ2v) is 9.70. The molecule has 0 fully saturated rings. The van der Waals surface area contributed by atoms with Crippen molar-refractivity contribution in [3.05, 3.63) is 68.6 Å². The van der Waals surface area contributed by atoms with E-state index >= 15 is 0 Å². The second kappa shape index (κ2) is 12.5. The Kier molecular flexibility index (Phi) is 8.91. The van der Waals surface area contributed by atoms with Gasteiger partial charge in [0, 0.05) is 31.3 Å². The fourth-order valence-electron chi connectivity index (χ4n) is 5.11. The molecule has 0 saturated heterocycles. The summed E-state index contributed by atoms with van der Waals surface area (Å²) in [6.07, 6.45) is 1.56. The number of nitrogens with two attached hydrogens (primary N) is 1. The molecule has 0 aliphatic carbocycles. The Labute approximate surface area is 237 Å². The van der Waals surface area contributed by atoms with Crippen molar-refractivity contribution in [3.63, 3.8) is 0 Å². The van der Waals surface area contributed by atoms with E-state index in [-0.39, 0.29) is 24.5 Å². The molecule has 2 heterocycles. The number of rotatable bonds is 9. The number of aryl methyl sites for hydroxylation is 4. The number of ether oxygens (including phenoxy) is 2. The number of oxime groups is 1. The summed E-state index contributed by atoms with van der Waals surface area (Å²) in [6.45, 7) is 9.06. The Morgan fingerprint density at radius 1 is 1.15 bits per heavy atom. The van der Waals surface area contributed by atoms with Gasteiger partial charge in [-0.1, -0.05) is 22.9 Å². The number of hydrazone groups is 1. The molecule has 4 N–H and O–H groups in total. The van der Waals surface area contributed by atoms with Crippen LogP contribution in [0.1, 0.15) is 29.2 Å². The molecule has 4 rings (SSSR count). The van der Waals surface area contributed by atoms with E-state index in [2.05, 4.69) is 15.6 Å². The van der Waals surface area contributed by atoms with Crippen LogP contribution in [0, 0.1) is 20.8 Å². The molecule has 0 spiro atoms. The zero-order valence-corrected chi connectivity index (χ0v) is 23.9. The second-order valence-electron chi connectivity index (χ2n) is 9.70. The van der Waals surface area contributed by atoms with Crippen LogP contribution in [0.25, 0.3) is 11.3 Å². The first-order valence-corrected chi connectivity index (χ1v) is 13.3. The van der Waals surface area contributed by atoms with E-state index in [1.165, 1.54) is 4.57 Å². The Morgan fingerprint density at radius 2 is 1.88 bits per heavy atom. The SMILES string of the molecule is CCOc1cc2c(cc1OC)-c1cc(=Nc3c(C)cc(C)cc3C)n(CCNC(=O)C(C=NN)=NO)c(=O)n1CC2. The Bertz CT molecular complexity index is 1640. The van der Waals surface area contributed by atoms with Crippen LogP contribution in [0.3, 0.4) is 0 Å². The molecule has 0 saturated carbocycles. The van der Waals surface area contributed by atoms with Crippen molar-refractivity contribution in [2.75, 3.05) is 20.3 Å². The van der Waals surface area contributed by atoms with Gasteiger partial charge in [0.15, 0.2) is 17.2 Å². The zero-order valence-electron chi connectivity index (χ0n) is 23.9. The van der Waals surface area contributed by atoms with Gasteiger partial charge in [-0.05, 0) is 62.9 Å². The van der Waals surface area contributed by atoms with Crippen LogP contribution < -0.4 is 31.8 Å². The van der Waals surface area contributed by atoms with Gasteiger partial charge < -0.3 is 25.8 Å². The number of fused-ring (bicyclic) bond motifs is 3. The Balaban J connectivity index is 1.87. The van der Waals surface area contributed by atoms with Gasteiger partial charge >= 0.3 is 5.69 Å². The first-order valence-electron chi connectivity index (χ1n) is 13.3. The number of nitrogens with zero attached hydrogens (tertiary/aromatic N) is 5. The fourth-order valence-corrected chi connectivity index (χ4v) is 5.11. The zero-order chi connectivity index (χ0) is 29.7. The van der Waals surface area contributed by atoms with Crippen molar-refractivity contribution in [1.29, 1.82) is 0 Å². The predicted octanol–water partition coefficient (Wildman–Crippen LogP) is 2.33. The number of hydrogen-bond acceptors (Lipinski definition) is 9. The molecule has 0 unspecified atom stereocenters. The largest absolute Gasteiger partial charge is 0.493 e. The molecular formula is C29H35N7O5. The molecule has 1 aliphatic rings. The van der Waals surface area contributed by atoms with Crippen molar-refractivity contribution in [3.8, 4) is 22.8 Å². The van der Waals surface area contributed by atoms with Crippen LogP contribution in [-0.4, -0.2) is 52.4 Å². The van der Waals surface area contributed by atoms with Gasteiger partial charge in [-0.2, -0.15) is 5.10 Å². The minimum atomic E-state index is -0.685. The molecule has 1 aliphatic heterocycles. The number of nitrogens with one attached hydrogen (secondary N) is 1. The first kappa shape index (κ1) is 29.1.